The number of aliphatic carboxylic acids is 1. The molecule has 1 heterocycles. The molecule has 0 aromatic heterocycles. The zero-order valence-electron chi connectivity index (χ0n) is 10.3. The van der Waals surface area contributed by atoms with E-state index in [1.807, 2.05) is 0 Å². The predicted octanol–water partition coefficient (Wildman–Crippen LogP) is 1.46. The summed E-state index contributed by atoms with van der Waals surface area (Å²) in [6, 6.07) is 6.00. The maximum Gasteiger partial charge on any atom is 0.335 e. The Labute approximate surface area is 110 Å². The molecular formula is C14H15NO4. The molecule has 3 N–H and O–H groups in total. The van der Waals surface area contributed by atoms with Gasteiger partial charge in [-0.3, -0.25) is 4.79 Å². The van der Waals surface area contributed by atoms with Crippen LogP contribution in [-0.2, 0) is 4.79 Å². The predicted molar refractivity (Wildman–Crippen MR) is 70.0 cm³/mol. The Bertz CT molecular complexity index is 538. The van der Waals surface area contributed by atoms with E-state index in [2.05, 4.69) is 11.9 Å². The van der Waals surface area contributed by atoms with Gasteiger partial charge in [-0.2, -0.15) is 0 Å². The van der Waals surface area contributed by atoms with Crippen molar-refractivity contribution >= 4 is 17.5 Å². The van der Waals surface area contributed by atoms with Crippen LogP contribution in [0.4, 0.5) is 0 Å². The van der Waals surface area contributed by atoms with Gasteiger partial charge < -0.3 is 15.5 Å². The molecule has 5 heteroatoms. The topological polar surface area (TPSA) is 86.6 Å². The summed E-state index contributed by atoms with van der Waals surface area (Å²) in [6.45, 7) is 4.52. The third kappa shape index (κ3) is 2.82. The Balaban J connectivity index is 2.14. The van der Waals surface area contributed by atoms with Gasteiger partial charge in [-0.1, -0.05) is 18.7 Å². The molecule has 1 saturated heterocycles. The first-order chi connectivity index (χ1) is 8.99. The average Bonchev–Trinajstić information content (AvgIpc) is 2.87. The number of rotatable bonds is 4. The molecule has 1 aliphatic heterocycles. The molecule has 2 atom stereocenters. The summed E-state index contributed by atoms with van der Waals surface area (Å²) in [5.41, 5.74) is 1.73. The van der Waals surface area contributed by atoms with E-state index in [0.29, 0.717) is 13.0 Å². The van der Waals surface area contributed by atoms with Crippen molar-refractivity contribution < 1.29 is 19.8 Å². The molecular weight excluding hydrogens is 246 g/mol. The van der Waals surface area contributed by atoms with Crippen molar-refractivity contribution in [3.63, 3.8) is 0 Å². The number of aromatic carboxylic acids is 1. The minimum atomic E-state index is -0.984. The van der Waals surface area contributed by atoms with Crippen molar-refractivity contribution in [2.24, 2.45) is 5.92 Å². The third-order valence-corrected chi connectivity index (χ3v) is 3.40. The molecule has 0 bridgehead atoms. The molecule has 0 spiro atoms. The number of hydrogen-bond donors (Lipinski definition) is 3. The maximum atomic E-state index is 10.9. The van der Waals surface area contributed by atoms with Gasteiger partial charge in [-0.05, 0) is 35.6 Å². The van der Waals surface area contributed by atoms with Crippen LogP contribution in [0, 0.1) is 5.92 Å². The number of carboxylic acid groups (broad SMARTS) is 2. The van der Waals surface area contributed by atoms with E-state index >= 15 is 0 Å². The second-order valence-electron chi connectivity index (χ2n) is 4.64. The fourth-order valence-corrected chi connectivity index (χ4v) is 2.28. The summed E-state index contributed by atoms with van der Waals surface area (Å²) in [6.07, 6.45) is 0.478. The van der Waals surface area contributed by atoms with Crippen molar-refractivity contribution in [2.45, 2.75) is 12.5 Å². The summed E-state index contributed by atoms with van der Waals surface area (Å²) >= 11 is 0. The van der Waals surface area contributed by atoms with Gasteiger partial charge in [0.25, 0.3) is 0 Å². The summed E-state index contributed by atoms with van der Waals surface area (Å²) in [4.78, 5) is 21.8. The van der Waals surface area contributed by atoms with E-state index in [4.69, 9.17) is 10.2 Å². The Kier molecular flexibility index (Phi) is 3.66. The Hall–Kier alpha value is -2.14. The first-order valence-corrected chi connectivity index (χ1v) is 5.97. The average molecular weight is 261 g/mol. The zero-order chi connectivity index (χ0) is 14.0. The minimum Gasteiger partial charge on any atom is -0.480 e. The lowest BCUT2D eigenvalue weighted by Gasteiger charge is -2.13. The summed E-state index contributed by atoms with van der Waals surface area (Å²) in [5, 5.41) is 20.8. The number of hydrogen-bond acceptors (Lipinski definition) is 3. The van der Waals surface area contributed by atoms with E-state index in [1.165, 1.54) is 6.07 Å². The lowest BCUT2D eigenvalue weighted by molar-refractivity contribution is -0.139. The third-order valence-electron chi connectivity index (χ3n) is 3.40. The summed E-state index contributed by atoms with van der Waals surface area (Å²) in [7, 11) is 0. The largest absolute Gasteiger partial charge is 0.480 e. The van der Waals surface area contributed by atoms with E-state index in [9.17, 15) is 9.59 Å². The van der Waals surface area contributed by atoms with Crippen LogP contribution in [0.5, 0.6) is 0 Å². The van der Waals surface area contributed by atoms with Crippen molar-refractivity contribution in [3.05, 3.63) is 42.0 Å². The second kappa shape index (κ2) is 5.24. The van der Waals surface area contributed by atoms with Gasteiger partial charge in [0, 0.05) is 6.54 Å². The Morgan fingerprint density at radius 3 is 2.53 bits per heavy atom. The van der Waals surface area contributed by atoms with Gasteiger partial charge in [0.1, 0.15) is 6.04 Å². The first-order valence-electron chi connectivity index (χ1n) is 5.97. The highest BCUT2D eigenvalue weighted by atomic mass is 16.4. The lowest BCUT2D eigenvalue weighted by atomic mass is 9.91. The van der Waals surface area contributed by atoms with Crippen molar-refractivity contribution in [2.75, 3.05) is 6.54 Å². The maximum absolute atomic E-state index is 10.9. The first kappa shape index (κ1) is 13.3. The van der Waals surface area contributed by atoms with E-state index in [0.717, 1.165) is 11.1 Å². The number of nitrogens with one attached hydrogen (secondary N) is 1. The highest BCUT2D eigenvalue weighted by Crippen LogP contribution is 2.29. The van der Waals surface area contributed by atoms with Crippen LogP contribution in [0.15, 0.2) is 30.8 Å². The van der Waals surface area contributed by atoms with Crippen LogP contribution < -0.4 is 5.32 Å². The molecule has 0 saturated carbocycles. The smallest absolute Gasteiger partial charge is 0.335 e. The van der Waals surface area contributed by atoms with Crippen LogP contribution in [0.25, 0.3) is 5.57 Å². The number of carboxylic acids is 2. The van der Waals surface area contributed by atoms with Gasteiger partial charge in [0.15, 0.2) is 0 Å². The monoisotopic (exact) mass is 261 g/mol. The molecule has 0 aliphatic carbocycles. The summed E-state index contributed by atoms with van der Waals surface area (Å²) in [5.74, 6) is -1.83. The molecule has 1 aromatic rings. The fraction of sp³-hybridized carbons (Fsp3) is 0.286. The molecule has 2 rings (SSSR count). The van der Waals surface area contributed by atoms with Crippen LogP contribution in [0.3, 0.4) is 0 Å². The van der Waals surface area contributed by atoms with E-state index in [-0.39, 0.29) is 11.5 Å². The van der Waals surface area contributed by atoms with E-state index < -0.39 is 18.0 Å². The van der Waals surface area contributed by atoms with Gasteiger partial charge in [-0.25, -0.2) is 4.79 Å². The molecule has 2 unspecified atom stereocenters. The molecule has 19 heavy (non-hydrogen) atoms. The number of benzene rings is 1. The molecule has 0 radical (unpaired) electrons. The molecule has 1 aliphatic rings. The molecule has 1 aromatic carbocycles. The van der Waals surface area contributed by atoms with E-state index in [1.54, 1.807) is 18.2 Å². The molecule has 0 amide bonds. The standard InChI is InChI=1S/C14H15NO4/c1-8(11-6-12(14(18)19)15-7-11)9-3-2-4-10(5-9)13(16)17/h2-5,11-12,15H,1,6-7H2,(H,16,17)(H,18,19). The van der Waals surface area contributed by atoms with Crippen LogP contribution in [0.1, 0.15) is 22.3 Å². The normalized spacial score (nSPS) is 22.1. The van der Waals surface area contributed by atoms with Crippen LogP contribution >= 0.6 is 0 Å². The Morgan fingerprint density at radius 1 is 1.26 bits per heavy atom. The van der Waals surface area contributed by atoms with Crippen molar-refractivity contribution in [1.29, 1.82) is 0 Å². The highest BCUT2D eigenvalue weighted by Gasteiger charge is 2.30. The number of carbonyl (C=O) groups is 2. The van der Waals surface area contributed by atoms with Crippen LogP contribution in [0.2, 0.25) is 0 Å². The molecule has 100 valence electrons. The van der Waals surface area contributed by atoms with Gasteiger partial charge in [0.05, 0.1) is 5.56 Å². The quantitative estimate of drug-likeness (QED) is 0.764. The molecule has 1 fully saturated rings. The summed E-state index contributed by atoms with van der Waals surface area (Å²) < 4.78 is 0. The molecule has 5 nitrogen and oxygen atoms in total. The SMILES string of the molecule is C=C(c1cccc(C(=O)O)c1)C1CNC(C(=O)O)C1. The van der Waals surface area contributed by atoms with Crippen molar-refractivity contribution in [3.8, 4) is 0 Å². The fourth-order valence-electron chi connectivity index (χ4n) is 2.28. The van der Waals surface area contributed by atoms with Gasteiger partial charge in [-0.15, -0.1) is 0 Å². The van der Waals surface area contributed by atoms with Crippen molar-refractivity contribution in [1.82, 2.24) is 5.32 Å². The Morgan fingerprint density at radius 2 is 1.95 bits per heavy atom. The van der Waals surface area contributed by atoms with Gasteiger partial charge in [0.2, 0.25) is 0 Å². The highest BCUT2D eigenvalue weighted by molar-refractivity contribution is 5.89. The minimum absolute atomic E-state index is 0.0187. The zero-order valence-corrected chi connectivity index (χ0v) is 10.3. The lowest BCUT2D eigenvalue weighted by Crippen LogP contribution is -2.29. The van der Waals surface area contributed by atoms with Gasteiger partial charge >= 0.3 is 11.9 Å². The van der Waals surface area contributed by atoms with Crippen LogP contribution in [-0.4, -0.2) is 34.7 Å². The second-order valence-corrected chi connectivity index (χ2v) is 4.64.